The molecule has 1 aromatic carbocycles. The molecule has 2 rings (SSSR count). The SMILES string of the molecule is CCCn1ccnc1CNc1ccc(F)cc1OC. The fourth-order valence-corrected chi connectivity index (χ4v) is 1.94. The van der Waals surface area contributed by atoms with Gasteiger partial charge in [-0.3, -0.25) is 0 Å². The van der Waals surface area contributed by atoms with Crippen molar-refractivity contribution in [1.29, 1.82) is 0 Å². The van der Waals surface area contributed by atoms with E-state index in [2.05, 4.69) is 21.8 Å². The van der Waals surface area contributed by atoms with Gasteiger partial charge in [0.2, 0.25) is 0 Å². The van der Waals surface area contributed by atoms with Gasteiger partial charge in [0.05, 0.1) is 19.3 Å². The molecule has 0 aliphatic heterocycles. The van der Waals surface area contributed by atoms with Crippen molar-refractivity contribution in [2.75, 3.05) is 12.4 Å². The van der Waals surface area contributed by atoms with Gasteiger partial charge in [-0.15, -0.1) is 0 Å². The molecule has 2 aromatic rings. The summed E-state index contributed by atoms with van der Waals surface area (Å²) >= 11 is 0. The zero-order valence-corrected chi connectivity index (χ0v) is 11.2. The minimum atomic E-state index is -0.310. The summed E-state index contributed by atoms with van der Waals surface area (Å²) in [5.74, 6) is 1.14. The van der Waals surface area contributed by atoms with Gasteiger partial charge in [0.1, 0.15) is 17.4 Å². The fourth-order valence-electron chi connectivity index (χ4n) is 1.94. The summed E-state index contributed by atoms with van der Waals surface area (Å²) in [4.78, 5) is 4.31. The summed E-state index contributed by atoms with van der Waals surface area (Å²) in [6.45, 7) is 3.65. The second-order valence-corrected chi connectivity index (χ2v) is 4.24. The molecule has 102 valence electrons. The largest absolute Gasteiger partial charge is 0.494 e. The third-order valence-corrected chi connectivity index (χ3v) is 2.87. The average molecular weight is 263 g/mol. The number of aromatic nitrogens is 2. The summed E-state index contributed by atoms with van der Waals surface area (Å²) in [6.07, 6.45) is 4.81. The number of aryl methyl sites for hydroxylation is 1. The van der Waals surface area contributed by atoms with Gasteiger partial charge in [-0.1, -0.05) is 6.92 Å². The van der Waals surface area contributed by atoms with Crippen molar-refractivity contribution in [3.8, 4) is 5.75 Å². The van der Waals surface area contributed by atoms with E-state index in [1.807, 2.05) is 6.20 Å². The zero-order valence-electron chi connectivity index (χ0n) is 11.2. The average Bonchev–Trinajstić information content (AvgIpc) is 2.85. The van der Waals surface area contributed by atoms with Gasteiger partial charge in [-0.2, -0.15) is 0 Å². The molecule has 0 fully saturated rings. The van der Waals surface area contributed by atoms with Crippen LogP contribution in [0.15, 0.2) is 30.6 Å². The van der Waals surface area contributed by atoms with E-state index in [-0.39, 0.29) is 5.82 Å². The maximum Gasteiger partial charge on any atom is 0.144 e. The Morgan fingerprint density at radius 1 is 1.42 bits per heavy atom. The van der Waals surface area contributed by atoms with Crippen molar-refractivity contribution in [3.05, 3.63) is 42.2 Å². The van der Waals surface area contributed by atoms with E-state index in [9.17, 15) is 4.39 Å². The van der Waals surface area contributed by atoms with Gasteiger partial charge in [0.25, 0.3) is 0 Å². The smallest absolute Gasteiger partial charge is 0.144 e. The quantitative estimate of drug-likeness (QED) is 0.870. The molecule has 0 radical (unpaired) electrons. The minimum absolute atomic E-state index is 0.310. The number of ether oxygens (including phenoxy) is 1. The van der Waals surface area contributed by atoms with Crippen molar-refractivity contribution < 1.29 is 9.13 Å². The third-order valence-electron chi connectivity index (χ3n) is 2.87. The van der Waals surface area contributed by atoms with Crippen LogP contribution in [0.4, 0.5) is 10.1 Å². The molecule has 0 saturated carbocycles. The van der Waals surface area contributed by atoms with Crippen LogP contribution in [0.3, 0.4) is 0 Å². The fraction of sp³-hybridized carbons (Fsp3) is 0.357. The molecule has 0 aliphatic carbocycles. The normalized spacial score (nSPS) is 10.5. The van der Waals surface area contributed by atoms with Crippen LogP contribution in [0.5, 0.6) is 5.75 Å². The Morgan fingerprint density at radius 2 is 2.26 bits per heavy atom. The Hall–Kier alpha value is -2.04. The number of methoxy groups -OCH3 is 1. The first-order valence-corrected chi connectivity index (χ1v) is 6.32. The molecule has 0 aliphatic rings. The standard InChI is InChI=1S/C14H18FN3O/c1-3-7-18-8-6-16-14(18)10-17-12-5-4-11(15)9-13(12)19-2/h4-6,8-9,17H,3,7,10H2,1-2H3. The number of anilines is 1. The Bertz CT molecular complexity index is 539. The number of nitrogens with zero attached hydrogens (tertiary/aromatic N) is 2. The number of imidazole rings is 1. The van der Waals surface area contributed by atoms with Gasteiger partial charge >= 0.3 is 0 Å². The number of halogens is 1. The second kappa shape index (κ2) is 6.22. The molecule has 19 heavy (non-hydrogen) atoms. The maximum atomic E-state index is 13.1. The van der Waals surface area contributed by atoms with Crippen molar-refractivity contribution >= 4 is 5.69 Å². The van der Waals surface area contributed by atoms with Crippen LogP contribution in [-0.2, 0) is 13.1 Å². The molecule has 4 nitrogen and oxygen atoms in total. The van der Waals surface area contributed by atoms with Crippen LogP contribution < -0.4 is 10.1 Å². The molecule has 0 amide bonds. The Labute approximate surface area is 112 Å². The van der Waals surface area contributed by atoms with E-state index in [4.69, 9.17) is 4.74 Å². The number of hydrogen-bond acceptors (Lipinski definition) is 3. The number of hydrogen-bond donors (Lipinski definition) is 1. The lowest BCUT2D eigenvalue weighted by Crippen LogP contribution is -2.09. The molecular formula is C14H18FN3O. The number of benzene rings is 1. The first kappa shape index (κ1) is 13.4. The number of rotatable bonds is 6. The predicted octanol–water partition coefficient (Wildman–Crippen LogP) is 3.05. The molecule has 0 bridgehead atoms. The molecule has 0 saturated heterocycles. The van der Waals surface area contributed by atoms with Crippen LogP contribution >= 0.6 is 0 Å². The highest BCUT2D eigenvalue weighted by Crippen LogP contribution is 2.25. The highest BCUT2D eigenvalue weighted by Gasteiger charge is 2.06. The highest BCUT2D eigenvalue weighted by atomic mass is 19.1. The highest BCUT2D eigenvalue weighted by molar-refractivity contribution is 5.56. The first-order valence-electron chi connectivity index (χ1n) is 6.32. The first-order chi connectivity index (χ1) is 9.24. The van der Waals surface area contributed by atoms with E-state index < -0.39 is 0 Å². The lowest BCUT2D eigenvalue weighted by atomic mass is 10.3. The Balaban J connectivity index is 2.07. The summed E-state index contributed by atoms with van der Waals surface area (Å²) in [5, 5.41) is 3.22. The molecule has 1 aromatic heterocycles. The molecule has 5 heteroatoms. The second-order valence-electron chi connectivity index (χ2n) is 4.24. The van der Waals surface area contributed by atoms with E-state index >= 15 is 0 Å². The van der Waals surface area contributed by atoms with Crippen LogP contribution in [0.25, 0.3) is 0 Å². The maximum absolute atomic E-state index is 13.1. The Kier molecular flexibility index (Phi) is 4.39. The van der Waals surface area contributed by atoms with Crippen LogP contribution in [-0.4, -0.2) is 16.7 Å². The molecule has 1 N–H and O–H groups in total. The van der Waals surface area contributed by atoms with E-state index in [1.165, 1.54) is 19.2 Å². The van der Waals surface area contributed by atoms with Crippen LogP contribution in [0.1, 0.15) is 19.2 Å². The topological polar surface area (TPSA) is 39.1 Å². The minimum Gasteiger partial charge on any atom is -0.494 e. The lowest BCUT2D eigenvalue weighted by molar-refractivity contribution is 0.413. The van der Waals surface area contributed by atoms with E-state index in [0.29, 0.717) is 12.3 Å². The third kappa shape index (κ3) is 3.24. The molecule has 1 heterocycles. The van der Waals surface area contributed by atoms with Crippen molar-refractivity contribution in [3.63, 3.8) is 0 Å². The van der Waals surface area contributed by atoms with Crippen molar-refractivity contribution in [2.45, 2.75) is 26.4 Å². The van der Waals surface area contributed by atoms with Gasteiger partial charge in [-0.05, 0) is 18.6 Å². The monoisotopic (exact) mass is 263 g/mol. The van der Waals surface area contributed by atoms with Crippen LogP contribution in [0, 0.1) is 5.82 Å². The van der Waals surface area contributed by atoms with Crippen molar-refractivity contribution in [2.24, 2.45) is 0 Å². The summed E-state index contributed by atoms with van der Waals surface area (Å²) in [7, 11) is 1.53. The summed E-state index contributed by atoms with van der Waals surface area (Å²) in [6, 6.07) is 4.44. The van der Waals surface area contributed by atoms with Gasteiger partial charge in [-0.25, -0.2) is 9.37 Å². The van der Waals surface area contributed by atoms with Gasteiger partial charge < -0.3 is 14.6 Å². The van der Waals surface area contributed by atoms with E-state index in [1.54, 1.807) is 12.3 Å². The molecule has 0 spiro atoms. The van der Waals surface area contributed by atoms with Crippen molar-refractivity contribution in [1.82, 2.24) is 9.55 Å². The Morgan fingerprint density at radius 3 is 3.00 bits per heavy atom. The predicted molar refractivity (Wildman–Crippen MR) is 72.8 cm³/mol. The molecular weight excluding hydrogens is 245 g/mol. The van der Waals surface area contributed by atoms with Gasteiger partial charge in [0, 0.05) is 25.0 Å². The van der Waals surface area contributed by atoms with Gasteiger partial charge in [0.15, 0.2) is 0 Å². The number of nitrogens with one attached hydrogen (secondary N) is 1. The van der Waals surface area contributed by atoms with E-state index in [0.717, 1.165) is 24.5 Å². The molecule has 0 atom stereocenters. The summed E-state index contributed by atoms with van der Waals surface area (Å²) < 4.78 is 20.3. The summed E-state index contributed by atoms with van der Waals surface area (Å²) in [5.41, 5.74) is 0.759. The molecule has 0 unspecified atom stereocenters. The van der Waals surface area contributed by atoms with Crippen LogP contribution in [0.2, 0.25) is 0 Å². The zero-order chi connectivity index (χ0) is 13.7. The lowest BCUT2D eigenvalue weighted by Gasteiger charge is -2.12.